The summed E-state index contributed by atoms with van der Waals surface area (Å²) in [6.45, 7) is 7.55. The summed E-state index contributed by atoms with van der Waals surface area (Å²) in [6.07, 6.45) is 1.33. The van der Waals surface area contributed by atoms with Crippen molar-refractivity contribution in [2.45, 2.75) is 44.3 Å². The van der Waals surface area contributed by atoms with Crippen LogP contribution < -0.4 is 0 Å². The first-order valence-electron chi connectivity index (χ1n) is 7.28. The van der Waals surface area contributed by atoms with Crippen molar-refractivity contribution in [1.82, 2.24) is 4.90 Å². The van der Waals surface area contributed by atoms with E-state index < -0.39 is 0 Å². The molecule has 20 heavy (non-hydrogen) atoms. The van der Waals surface area contributed by atoms with Gasteiger partial charge in [0.1, 0.15) is 0 Å². The van der Waals surface area contributed by atoms with E-state index in [2.05, 4.69) is 6.92 Å². The third-order valence-electron chi connectivity index (χ3n) is 3.29. The molecular formula is C16H23NO2S. The van der Waals surface area contributed by atoms with E-state index in [-0.39, 0.29) is 18.1 Å². The Hall–Kier alpha value is -1.00. The maximum absolute atomic E-state index is 12.7. The lowest BCUT2D eigenvalue weighted by molar-refractivity contribution is -0.0586. The topological polar surface area (TPSA) is 29.5 Å². The van der Waals surface area contributed by atoms with Crippen LogP contribution in [0, 0.1) is 0 Å². The zero-order valence-corrected chi connectivity index (χ0v) is 13.3. The Morgan fingerprint density at radius 3 is 2.60 bits per heavy atom. The van der Waals surface area contributed by atoms with E-state index in [4.69, 9.17) is 4.74 Å². The number of amides is 1. The molecule has 0 aliphatic carbocycles. The van der Waals surface area contributed by atoms with Crippen molar-refractivity contribution in [2.75, 3.05) is 18.8 Å². The maximum Gasteiger partial charge on any atom is 0.255 e. The van der Waals surface area contributed by atoms with Crippen LogP contribution in [-0.4, -0.2) is 41.9 Å². The summed E-state index contributed by atoms with van der Waals surface area (Å²) in [5.74, 6) is 1.17. The molecular weight excluding hydrogens is 270 g/mol. The number of carbonyl (C=O) groups excluding carboxylic acids is 1. The quantitative estimate of drug-likeness (QED) is 0.797. The minimum Gasteiger partial charge on any atom is -0.372 e. The highest BCUT2D eigenvalue weighted by molar-refractivity contribution is 7.99. The molecule has 2 rings (SSSR count). The molecule has 1 heterocycles. The molecule has 0 unspecified atom stereocenters. The molecule has 1 fully saturated rings. The van der Waals surface area contributed by atoms with Crippen LogP contribution in [0.25, 0.3) is 0 Å². The lowest BCUT2D eigenvalue weighted by Crippen LogP contribution is -2.48. The Morgan fingerprint density at radius 1 is 1.30 bits per heavy atom. The first-order valence-corrected chi connectivity index (χ1v) is 8.27. The Balaban J connectivity index is 2.15. The predicted octanol–water partition coefficient (Wildman–Crippen LogP) is 3.44. The van der Waals surface area contributed by atoms with Gasteiger partial charge in [0.05, 0.1) is 17.8 Å². The lowest BCUT2D eigenvalue weighted by Gasteiger charge is -2.35. The highest BCUT2D eigenvalue weighted by Crippen LogP contribution is 2.25. The van der Waals surface area contributed by atoms with E-state index in [1.807, 2.05) is 43.0 Å². The summed E-state index contributed by atoms with van der Waals surface area (Å²) < 4.78 is 5.70. The molecule has 1 saturated heterocycles. The van der Waals surface area contributed by atoms with Gasteiger partial charge in [0.25, 0.3) is 5.91 Å². The van der Waals surface area contributed by atoms with E-state index in [0.717, 1.165) is 22.6 Å². The van der Waals surface area contributed by atoms with Gasteiger partial charge in [-0.15, -0.1) is 11.8 Å². The molecule has 1 aliphatic heterocycles. The van der Waals surface area contributed by atoms with Gasteiger partial charge in [-0.05, 0) is 38.2 Å². The molecule has 4 heteroatoms. The van der Waals surface area contributed by atoms with E-state index in [1.54, 1.807) is 11.8 Å². The average Bonchev–Trinajstić information content (AvgIpc) is 2.43. The van der Waals surface area contributed by atoms with Crippen LogP contribution in [0.4, 0.5) is 0 Å². The number of rotatable bonds is 4. The standard InChI is InChI=1S/C16H23NO2S/c1-4-9-20-15-8-6-5-7-14(15)16(18)17-10-12(2)19-13(3)11-17/h5-8,12-13H,4,9-11H2,1-3H3/t12-,13-/m0/s1. The summed E-state index contributed by atoms with van der Waals surface area (Å²) in [6, 6.07) is 7.92. The second kappa shape index (κ2) is 7.14. The Morgan fingerprint density at radius 2 is 1.95 bits per heavy atom. The van der Waals surface area contributed by atoms with Crippen molar-refractivity contribution < 1.29 is 9.53 Å². The fraction of sp³-hybridized carbons (Fsp3) is 0.562. The molecule has 3 nitrogen and oxygen atoms in total. The van der Waals surface area contributed by atoms with Crippen LogP contribution >= 0.6 is 11.8 Å². The Labute approximate surface area is 125 Å². The van der Waals surface area contributed by atoms with Crippen LogP contribution in [-0.2, 0) is 4.74 Å². The number of ether oxygens (including phenoxy) is 1. The number of carbonyl (C=O) groups is 1. The van der Waals surface area contributed by atoms with Crippen molar-refractivity contribution >= 4 is 17.7 Å². The zero-order valence-electron chi connectivity index (χ0n) is 12.5. The van der Waals surface area contributed by atoms with E-state index in [0.29, 0.717) is 13.1 Å². The molecule has 1 amide bonds. The first kappa shape index (κ1) is 15.4. The normalized spacial score (nSPS) is 22.9. The zero-order chi connectivity index (χ0) is 14.5. The number of hydrogen-bond donors (Lipinski definition) is 0. The fourth-order valence-corrected chi connectivity index (χ4v) is 3.40. The monoisotopic (exact) mass is 293 g/mol. The number of nitrogens with zero attached hydrogens (tertiary/aromatic N) is 1. The lowest BCUT2D eigenvalue weighted by atomic mass is 10.1. The van der Waals surface area contributed by atoms with Crippen molar-refractivity contribution in [1.29, 1.82) is 0 Å². The molecule has 0 radical (unpaired) electrons. The maximum atomic E-state index is 12.7. The van der Waals surface area contributed by atoms with Gasteiger partial charge in [-0.3, -0.25) is 4.79 Å². The van der Waals surface area contributed by atoms with Gasteiger partial charge in [-0.25, -0.2) is 0 Å². The van der Waals surface area contributed by atoms with Gasteiger partial charge >= 0.3 is 0 Å². The number of benzene rings is 1. The average molecular weight is 293 g/mol. The Kier molecular flexibility index (Phi) is 5.49. The number of morpholine rings is 1. The molecule has 0 bridgehead atoms. The minimum atomic E-state index is 0.109. The van der Waals surface area contributed by atoms with Crippen molar-refractivity contribution in [3.05, 3.63) is 29.8 Å². The van der Waals surface area contributed by atoms with Crippen LogP contribution in [0.15, 0.2) is 29.2 Å². The van der Waals surface area contributed by atoms with E-state index >= 15 is 0 Å². The Bertz CT molecular complexity index is 454. The molecule has 0 spiro atoms. The van der Waals surface area contributed by atoms with Gasteiger partial charge in [0.2, 0.25) is 0 Å². The third-order valence-corrected chi connectivity index (χ3v) is 4.57. The summed E-state index contributed by atoms with van der Waals surface area (Å²) in [5, 5.41) is 0. The number of hydrogen-bond acceptors (Lipinski definition) is 3. The first-order chi connectivity index (χ1) is 9.61. The fourth-order valence-electron chi connectivity index (χ4n) is 2.50. The van der Waals surface area contributed by atoms with Gasteiger partial charge in [0.15, 0.2) is 0 Å². The highest BCUT2D eigenvalue weighted by atomic mass is 32.2. The van der Waals surface area contributed by atoms with Crippen LogP contribution in [0.3, 0.4) is 0 Å². The molecule has 0 N–H and O–H groups in total. The largest absolute Gasteiger partial charge is 0.372 e. The SMILES string of the molecule is CCCSc1ccccc1C(=O)N1C[C@H](C)O[C@@H](C)C1. The van der Waals surface area contributed by atoms with Crippen LogP contribution in [0.5, 0.6) is 0 Å². The molecule has 1 aromatic rings. The summed E-state index contributed by atoms with van der Waals surface area (Å²) in [7, 11) is 0. The minimum absolute atomic E-state index is 0.109. The molecule has 2 atom stereocenters. The van der Waals surface area contributed by atoms with Crippen LogP contribution in [0.1, 0.15) is 37.6 Å². The summed E-state index contributed by atoms with van der Waals surface area (Å²) >= 11 is 1.76. The highest BCUT2D eigenvalue weighted by Gasteiger charge is 2.27. The van der Waals surface area contributed by atoms with Gasteiger partial charge in [-0.1, -0.05) is 19.1 Å². The van der Waals surface area contributed by atoms with Crippen molar-refractivity contribution in [2.24, 2.45) is 0 Å². The van der Waals surface area contributed by atoms with E-state index in [1.165, 1.54) is 0 Å². The molecule has 1 aliphatic rings. The summed E-state index contributed by atoms with van der Waals surface area (Å²) in [5.41, 5.74) is 0.826. The van der Waals surface area contributed by atoms with E-state index in [9.17, 15) is 4.79 Å². The summed E-state index contributed by atoms with van der Waals surface area (Å²) in [4.78, 5) is 15.7. The van der Waals surface area contributed by atoms with Crippen LogP contribution in [0.2, 0.25) is 0 Å². The molecule has 0 aromatic heterocycles. The number of thioether (sulfide) groups is 1. The third kappa shape index (κ3) is 3.76. The second-order valence-corrected chi connectivity index (χ2v) is 6.45. The molecule has 1 aromatic carbocycles. The second-order valence-electron chi connectivity index (χ2n) is 5.31. The predicted molar refractivity (Wildman–Crippen MR) is 83.4 cm³/mol. The van der Waals surface area contributed by atoms with Crippen molar-refractivity contribution in [3.8, 4) is 0 Å². The molecule has 0 saturated carbocycles. The van der Waals surface area contributed by atoms with Crippen molar-refractivity contribution in [3.63, 3.8) is 0 Å². The smallest absolute Gasteiger partial charge is 0.255 e. The van der Waals surface area contributed by atoms with Gasteiger partial charge in [0, 0.05) is 18.0 Å². The van der Waals surface area contributed by atoms with Gasteiger partial charge < -0.3 is 9.64 Å². The molecule has 110 valence electrons. The van der Waals surface area contributed by atoms with Gasteiger partial charge in [-0.2, -0.15) is 0 Å².